The lowest BCUT2D eigenvalue weighted by molar-refractivity contribution is 0.252. The molecule has 1 aliphatic heterocycles. The van der Waals surface area contributed by atoms with E-state index in [4.69, 9.17) is 0 Å². The van der Waals surface area contributed by atoms with Crippen LogP contribution in [-0.2, 0) is 13.0 Å². The van der Waals surface area contributed by atoms with Crippen LogP contribution in [0.25, 0.3) is 10.6 Å². The summed E-state index contributed by atoms with van der Waals surface area (Å²) in [6, 6.07) is 10.4. The molecule has 1 saturated heterocycles. The van der Waals surface area contributed by atoms with Crippen LogP contribution >= 0.6 is 11.3 Å². The number of hydrogen-bond donors (Lipinski definition) is 0. The Balaban J connectivity index is 1.32. The second kappa shape index (κ2) is 9.73. The molecule has 30 heavy (non-hydrogen) atoms. The van der Waals surface area contributed by atoms with Crippen LogP contribution in [0.3, 0.4) is 0 Å². The fourth-order valence-electron chi connectivity index (χ4n) is 3.88. The van der Waals surface area contributed by atoms with Crippen molar-refractivity contribution in [1.29, 1.82) is 0 Å². The molecular weight excluding hydrogens is 402 g/mol. The van der Waals surface area contributed by atoms with Gasteiger partial charge in [0.25, 0.3) is 0 Å². The molecule has 7 heteroatoms. The molecule has 0 aliphatic carbocycles. The summed E-state index contributed by atoms with van der Waals surface area (Å²) in [6.45, 7) is 7.44. The third kappa shape index (κ3) is 5.47. The number of thiophene rings is 1. The summed E-state index contributed by atoms with van der Waals surface area (Å²) in [4.78, 5) is 15.2. The minimum absolute atomic E-state index is 0.653. The first kappa shape index (κ1) is 21.0. The Hall–Kier alpha value is -2.22. The van der Waals surface area contributed by atoms with Crippen LogP contribution in [-0.4, -0.2) is 52.5 Å². The van der Waals surface area contributed by atoms with Gasteiger partial charge in [-0.15, -0.1) is 11.3 Å². The highest BCUT2D eigenvalue weighted by atomic mass is 32.1. The molecule has 0 amide bonds. The first-order chi connectivity index (χ1) is 14.6. The Kier molecular flexibility index (Phi) is 6.82. The van der Waals surface area contributed by atoms with Gasteiger partial charge in [0.15, 0.2) is 11.6 Å². The number of aryl methyl sites for hydroxylation is 1. The Morgan fingerprint density at radius 1 is 0.967 bits per heavy atom. The van der Waals surface area contributed by atoms with Crippen molar-refractivity contribution in [1.82, 2.24) is 19.8 Å². The highest BCUT2D eigenvalue weighted by molar-refractivity contribution is 7.13. The first-order valence-corrected chi connectivity index (χ1v) is 11.2. The molecule has 0 saturated carbocycles. The number of halogens is 2. The lowest BCUT2D eigenvalue weighted by Crippen LogP contribution is -2.32. The largest absolute Gasteiger partial charge is 0.302 e. The van der Waals surface area contributed by atoms with Gasteiger partial charge >= 0.3 is 0 Å². The SMILES string of the molecule is Cc1nc(CCN2CCCN(Cc3ccc(F)c(F)c3)CC2)cc(-c2cccs2)n1. The van der Waals surface area contributed by atoms with E-state index in [1.807, 2.05) is 13.0 Å². The predicted octanol–water partition coefficient (Wildman–Crippen LogP) is 4.54. The van der Waals surface area contributed by atoms with Crippen LogP contribution in [0.5, 0.6) is 0 Å². The molecule has 1 fully saturated rings. The number of rotatable bonds is 6. The monoisotopic (exact) mass is 428 g/mol. The summed E-state index contributed by atoms with van der Waals surface area (Å²) in [5.74, 6) is -0.751. The topological polar surface area (TPSA) is 32.3 Å². The van der Waals surface area contributed by atoms with Crippen molar-refractivity contribution in [3.63, 3.8) is 0 Å². The molecular formula is C23H26F2N4S. The fraction of sp³-hybridized carbons (Fsp3) is 0.391. The van der Waals surface area contributed by atoms with Gasteiger partial charge in [-0.25, -0.2) is 18.7 Å². The summed E-state index contributed by atoms with van der Waals surface area (Å²) >= 11 is 1.69. The van der Waals surface area contributed by atoms with Gasteiger partial charge in [-0.2, -0.15) is 0 Å². The van der Waals surface area contributed by atoms with Gasteiger partial charge in [-0.1, -0.05) is 12.1 Å². The predicted molar refractivity (Wildman–Crippen MR) is 116 cm³/mol. The van der Waals surface area contributed by atoms with E-state index in [1.54, 1.807) is 17.4 Å². The molecule has 3 aromatic rings. The summed E-state index contributed by atoms with van der Waals surface area (Å²) in [7, 11) is 0. The standard InChI is InChI=1S/C23H26F2N4S/c1-17-26-19(15-22(27-17)23-4-2-13-30-23)7-10-28-8-3-9-29(12-11-28)16-18-5-6-20(24)21(25)14-18/h2,4-6,13-15H,3,7-12,16H2,1H3. The molecule has 0 N–H and O–H groups in total. The maximum Gasteiger partial charge on any atom is 0.159 e. The number of hydrogen-bond acceptors (Lipinski definition) is 5. The van der Waals surface area contributed by atoms with Crippen LogP contribution in [0.1, 0.15) is 23.5 Å². The molecule has 2 aromatic heterocycles. The maximum absolute atomic E-state index is 13.5. The molecule has 4 rings (SSSR count). The zero-order chi connectivity index (χ0) is 20.9. The Morgan fingerprint density at radius 2 is 1.80 bits per heavy atom. The molecule has 1 aromatic carbocycles. The van der Waals surface area contributed by atoms with Crippen LogP contribution in [0.4, 0.5) is 8.78 Å². The molecule has 0 unspecified atom stereocenters. The average molecular weight is 429 g/mol. The van der Waals surface area contributed by atoms with E-state index < -0.39 is 11.6 Å². The normalized spacial score (nSPS) is 16.0. The van der Waals surface area contributed by atoms with E-state index in [-0.39, 0.29) is 0 Å². The van der Waals surface area contributed by atoms with Gasteiger partial charge in [-0.05, 0) is 61.6 Å². The van der Waals surface area contributed by atoms with Crippen LogP contribution in [0.2, 0.25) is 0 Å². The van der Waals surface area contributed by atoms with Gasteiger partial charge < -0.3 is 4.90 Å². The summed E-state index contributed by atoms with van der Waals surface area (Å²) < 4.78 is 26.6. The highest BCUT2D eigenvalue weighted by Crippen LogP contribution is 2.23. The average Bonchev–Trinajstić information content (AvgIpc) is 3.17. The number of benzene rings is 1. The van der Waals surface area contributed by atoms with Crippen molar-refractivity contribution in [2.75, 3.05) is 32.7 Å². The molecule has 1 aliphatic rings. The second-order valence-corrected chi connectivity index (χ2v) is 8.69. The fourth-order valence-corrected chi connectivity index (χ4v) is 4.57. The lowest BCUT2D eigenvalue weighted by Gasteiger charge is -2.22. The Labute approximate surface area is 180 Å². The Bertz CT molecular complexity index is 977. The zero-order valence-electron chi connectivity index (χ0n) is 17.2. The van der Waals surface area contributed by atoms with E-state index in [9.17, 15) is 8.78 Å². The minimum atomic E-state index is -0.789. The molecule has 0 atom stereocenters. The Morgan fingerprint density at radius 3 is 2.60 bits per heavy atom. The van der Waals surface area contributed by atoms with Crippen molar-refractivity contribution in [2.45, 2.75) is 26.3 Å². The number of nitrogens with zero attached hydrogens (tertiary/aromatic N) is 4. The molecule has 158 valence electrons. The molecule has 4 nitrogen and oxygen atoms in total. The first-order valence-electron chi connectivity index (χ1n) is 10.3. The summed E-state index contributed by atoms with van der Waals surface area (Å²) in [5, 5.41) is 2.07. The van der Waals surface area contributed by atoms with Crippen LogP contribution < -0.4 is 0 Å². The lowest BCUT2D eigenvalue weighted by atomic mass is 10.2. The van der Waals surface area contributed by atoms with Crippen molar-refractivity contribution in [3.05, 3.63) is 70.5 Å². The van der Waals surface area contributed by atoms with Crippen LogP contribution in [0, 0.1) is 18.6 Å². The molecule has 3 heterocycles. The second-order valence-electron chi connectivity index (χ2n) is 7.74. The highest BCUT2D eigenvalue weighted by Gasteiger charge is 2.16. The minimum Gasteiger partial charge on any atom is -0.302 e. The smallest absolute Gasteiger partial charge is 0.159 e. The summed E-state index contributed by atoms with van der Waals surface area (Å²) in [5.41, 5.74) is 2.90. The van der Waals surface area contributed by atoms with Gasteiger partial charge in [-0.3, -0.25) is 4.90 Å². The van der Waals surface area contributed by atoms with Crippen molar-refractivity contribution in [3.8, 4) is 10.6 Å². The summed E-state index contributed by atoms with van der Waals surface area (Å²) in [6.07, 6.45) is 1.96. The van der Waals surface area contributed by atoms with E-state index >= 15 is 0 Å². The van der Waals surface area contributed by atoms with E-state index in [0.29, 0.717) is 6.54 Å². The maximum atomic E-state index is 13.5. The molecule has 0 bridgehead atoms. The van der Waals surface area contributed by atoms with Crippen molar-refractivity contribution in [2.24, 2.45) is 0 Å². The molecule has 0 radical (unpaired) electrons. The van der Waals surface area contributed by atoms with Crippen molar-refractivity contribution >= 4 is 11.3 Å². The van der Waals surface area contributed by atoms with E-state index in [0.717, 1.165) is 68.3 Å². The van der Waals surface area contributed by atoms with Crippen molar-refractivity contribution < 1.29 is 8.78 Å². The van der Waals surface area contributed by atoms with Gasteiger partial charge in [0.2, 0.25) is 0 Å². The van der Waals surface area contributed by atoms with Gasteiger partial charge in [0.05, 0.1) is 10.6 Å². The number of aromatic nitrogens is 2. The molecule has 0 spiro atoms. The third-order valence-electron chi connectivity index (χ3n) is 5.42. The van der Waals surface area contributed by atoms with E-state index in [1.165, 1.54) is 17.0 Å². The quantitative estimate of drug-likeness (QED) is 0.577. The van der Waals surface area contributed by atoms with E-state index in [2.05, 4.69) is 37.3 Å². The van der Waals surface area contributed by atoms with Gasteiger partial charge in [0.1, 0.15) is 5.82 Å². The van der Waals surface area contributed by atoms with Crippen LogP contribution in [0.15, 0.2) is 41.8 Å². The van der Waals surface area contributed by atoms with Gasteiger partial charge in [0, 0.05) is 38.3 Å². The third-order valence-corrected chi connectivity index (χ3v) is 6.31. The zero-order valence-corrected chi connectivity index (χ0v) is 18.0.